The molecule has 0 amide bonds. The maximum absolute atomic E-state index is 12.3. The maximum atomic E-state index is 12.3. The number of nitrogens with zero attached hydrogens (tertiary/aromatic N) is 2. The lowest BCUT2D eigenvalue weighted by Crippen LogP contribution is -2.20. The number of nitrogens with two attached hydrogens (primary N) is 1. The number of anilines is 1. The molecule has 0 aliphatic carbocycles. The number of hydrogen-bond donors (Lipinski definition) is 1. The first kappa shape index (κ1) is 14.1. The van der Waals surface area contributed by atoms with Gasteiger partial charge in [0.1, 0.15) is 12.6 Å². The summed E-state index contributed by atoms with van der Waals surface area (Å²) in [5.74, 6) is -0.0240. The van der Waals surface area contributed by atoms with E-state index in [0.717, 1.165) is 16.6 Å². The van der Waals surface area contributed by atoms with Gasteiger partial charge in [0.15, 0.2) is 0 Å². The van der Waals surface area contributed by atoms with Crippen LogP contribution in [0.2, 0.25) is 0 Å². The third-order valence-corrected chi connectivity index (χ3v) is 3.58. The molecule has 0 aliphatic rings. The van der Waals surface area contributed by atoms with E-state index in [1.807, 2.05) is 54.6 Å². The fourth-order valence-corrected chi connectivity index (χ4v) is 2.42. The molecular weight excluding hydrogens is 278 g/mol. The van der Waals surface area contributed by atoms with E-state index >= 15 is 0 Å². The number of para-hydroxylation sites is 2. The van der Waals surface area contributed by atoms with E-state index in [1.54, 1.807) is 11.5 Å². The summed E-state index contributed by atoms with van der Waals surface area (Å²) < 4.78 is 7.07. The average Bonchev–Trinajstić information content (AvgIpc) is 2.88. The van der Waals surface area contributed by atoms with Gasteiger partial charge in [-0.3, -0.25) is 4.57 Å². The van der Waals surface area contributed by atoms with E-state index in [9.17, 15) is 4.79 Å². The van der Waals surface area contributed by atoms with Crippen LogP contribution >= 0.6 is 0 Å². The second-order valence-electron chi connectivity index (χ2n) is 5.10. The Kier molecular flexibility index (Phi) is 3.78. The van der Waals surface area contributed by atoms with Crippen LogP contribution in [0.3, 0.4) is 0 Å². The molecule has 0 spiro atoms. The Balaban J connectivity index is 1.79. The lowest BCUT2D eigenvalue weighted by atomic mass is 10.2. The molecule has 112 valence electrons. The van der Waals surface area contributed by atoms with Crippen molar-refractivity contribution in [2.45, 2.75) is 19.6 Å². The zero-order chi connectivity index (χ0) is 15.5. The zero-order valence-electron chi connectivity index (χ0n) is 12.3. The summed E-state index contributed by atoms with van der Waals surface area (Å²) in [7, 11) is 0. The molecule has 1 heterocycles. The van der Waals surface area contributed by atoms with Crippen molar-refractivity contribution in [1.82, 2.24) is 9.55 Å². The molecule has 0 saturated carbocycles. The molecule has 0 fully saturated rings. The van der Waals surface area contributed by atoms with Crippen LogP contribution in [-0.4, -0.2) is 15.5 Å². The molecule has 5 heteroatoms. The highest BCUT2D eigenvalue weighted by atomic mass is 16.5. The smallest absolute Gasteiger partial charge is 0.329 e. The molecule has 0 aliphatic heterocycles. The van der Waals surface area contributed by atoms with Gasteiger partial charge < -0.3 is 10.5 Å². The van der Waals surface area contributed by atoms with E-state index in [0.29, 0.717) is 5.95 Å². The van der Waals surface area contributed by atoms with Gasteiger partial charge in [0, 0.05) is 0 Å². The number of fused-ring (bicyclic) bond motifs is 1. The van der Waals surface area contributed by atoms with Crippen molar-refractivity contribution in [3.63, 3.8) is 0 Å². The molecule has 22 heavy (non-hydrogen) atoms. The van der Waals surface area contributed by atoms with Gasteiger partial charge in [-0.05, 0) is 24.6 Å². The van der Waals surface area contributed by atoms with Crippen LogP contribution in [0, 0.1) is 0 Å². The van der Waals surface area contributed by atoms with Crippen molar-refractivity contribution in [1.29, 1.82) is 0 Å². The Morgan fingerprint density at radius 1 is 1.18 bits per heavy atom. The summed E-state index contributed by atoms with van der Waals surface area (Å²) in [6, 6.07) is 16.6. The Morgan fingerprint density at radius 2 is 1.86 bits per heavy atom. The zero-order valence-corrected chi connectivity index (χ0v) is 12.3. The highest BCUT2D eigenvalue weighted by molar-refractivity contribution is 5.82. The summed E-state index contributed by atoms with van der Waals surface area (Å²) in [5.41, 5.74) is 8.48. The van der Waals surface area contributed by atoms with Crippen molar-refractivity contribution in [2.75, 3.05) is 5.73 Å². The third-order valence-electron chi connectivity index (χ3n) is 3.58. The minimum atomic E-state index is -0.531. The number of benzene rings is 2. The number of hydrogen-bond acceptors (Lipinski definition) is 4. The number of ether oxygens (including phenoxy) is 1. The fraction of sp³-hybridized carbons (Fsp3) is 0.176. The fourth-order valence-electron chi connectivity index (χ4n) is 2.42. The van der Waals surface area contributed by atoms with E-state index in [-0.39, 0.29) is 12.6 Å². The van der Waals surface area contributed by atoms with Crippen LogP contribution in [0.25, 0.3) is 11.0 Å². The van der Waals surface area contributed by atoms with Crippen molar-refractivity contribution >= 4 is 23.0 Å². The van der Waals surface area contributed by atoms with E-state index in [1.165, 1.54) is 0 Å². The molecule has 2 aromatic carbocycles. The van der Waals surface area contributed by atoms with Crippen molar-refractivity contribution in [2.24, 2.45) is 0 Å². The molecule has 0 saturated heterocycles. The summed E-state index contributed by atoms with van der Waals surface area (Å²) >= 11 is 0. The quantitative estimate of drug-likeness (QED) is 0.751. The third kappa shape index (κ3) is 2.65. The minimum absolute atomic E-state index is 0.247. The number of carbonyl (C=O) groups is 1. The largest absolute Gasteiger partial charge is 0.459 e. The number of carbonyl (C=O) groups excluding carboxylic acids is 1. The standard InChI is InChI=1S/C17H17N3O2/c1-12(16(21)22-11-13-7-3-2-4-8-13)20-15-10-6-5-9-14(15)19-17(20)18/h2-10,12H,11H2,1H3,(H2,18,19). The molecule has 1 unspecified atom stereocenters. The lowest BCUT2D eigenvalue weighted by Gasteiger charge is -2.15. The van der Waals surface area contributed by atoms with Gasteiger partial charge in [0.2, 0.25) is 5.95 Å². The Labute approximate surface area is 128 Å². The predicted octanol–water partition coefficient (Wildman–Crippen LogP) is 2.92. The van der Waals surface area contributed by atoms with Crippen molar-refractivity contribution in [3.05, 3.63) is 60.2 Å². The molecule has 1 atom stereocenters. The van der Waals surface area contributed by atoms with Crippen LogP contribution in [0.4, 0.5) is 5.95 Å². The highest BCUT2D eigenvalue weighted by Crippen LogP contribution is 2.23. The summed E-state index contributed by atoms with van der Waals surface area (Å²) in [4.78, 5) is 16.6. The summed E-state index contributed by atoms with van der Waals surface area (Å²) in [5, 5.41) is 0. The van der Waals surface area contributed by atoms with Crippen LogP contribution in [-0.2, 0) is 16.1 Å². The van der Waals surface area contributed by atoms with Gasteiger partial charge in [0.05, 0.1) is 11.0 Å². The van der Waals surface area contributed by atoms with E-state index < -0.39 is 6.04 Å². The van der Waals surface area contributed by atoms with E-state index in [4.69, 9.17) is 10.5 Å². The maximum Gasteiger partial charge on any atom is 0.329 e. The predicted molar refractivity (Wildman–Crippen MR) is 85.1 cm³/mol. The van der Waals surface area contributed by atoms with Crippen LogP contribution in [0.1, 0.15) is 18.5 Å². The van der Waals surface area contributed by atoms with Gasteiger partial charge in [0.25, 0.3) is 0 Å². The Morgan fingerprint density at radius 3 is 2.64 bits per heavy atom. The first-order valence-electron chi connectivity index (χ1n) is 7.10. The Hall–Kier alpha value is -2.82. The monoisotopic (exact) mass is 295 g/mol. The molecule has 2 N–H and O–H groups in total. The second kappa shape index (κ2) is 5.89. The number of rotatable bonds is 4. The van der Waals surface area contributed by atoms with Gasteiger partial charge in [-0.2, -0.15) is 0 Å². The van der Waals surface area contributed by atoms with Gasteiger partial charge in [-0.25, -0.2) is 9.78 Å². The minimum Gasteiger partial charge on any atom is -0.459 e. The van der Waals surface area contributed by atoms with Crippen LogP contribution in [0.5, 0.6) is 0 Å². The van der Waals surface area contributed by atoms with Gasteiger partial charge in [-0.15, -0.1) is 0 Å². The Bertz CT molecular complexity index is 796. The van der Waals surface area contributed by atoms with Crippen LogP contribution in [0.15, 0.2) is 54.6 Å². The number of imidazole rings is 1. The van der Waals surface area contributed by atoms with Crippen LogP contribution < -0.4 is 5.73 Å². The van der Waals surface area contributed by atoms with Gasteiger partial charge in [-0.1, -0.05) is 42.5 Å². The van der Waals surface area contributed by atoms with Crippen molar-refractivity contribution in [3.8, 4) is 0 Å². The van der Waals surface area contributed by atoms with E-state index in [2.05, 4.69) is 4.98 Å². The van der Waals surface area contributed by atoms with Crippen molar-refractivity contribution < 1.29 is 9.53 Å². The van der Waals surface area contributed by atoms with Gasteiger partial charge >= 0.3 is 5.97 Å². The topological polar surface area (TPSA) is 70.1 Å². The molecule has 0 bridgehead atoms. The second-order valence-corrected chi connectivity index (χ2v) is 5.10. The molecule has 5 nitrogen and oxygen atoms in total. The highest BCUT2D eigenvalue weighted by Gasteiger charge is 2.21. The molecule has 1 aromatic heterocycles. The molecule has 3 rings (SSSR count). The SMILES string of the molecule is CC(C(=O)OCc1ccccc1)n1c(N)nc2ccccc21. The number of aromatic nitrogens is 2. The summed E-state index contributed by atoms with van der Waals surface area (Å²) in [6.45, 7) is 2.01. The number of esters is 1. The molecular formula is C17H17N3O2. The average molecular weight is 295 g/mol. The molecule has 3 aromatic rings. The normalized spacial score (nSPS) is 12.2. The lowest BCUT2D eigenvalue weighted by molar-refractivity contribution is -0.148. The first-order valence-corrected chi connectivity index (χ1v) is 7.10. The number of nitrogen functional groups attached to an aromatic ring is 1. The first-order chi connectivity index (χ1) is 10.7. The summed E-state index contributed by atoms with van der Waals surface area (Å²) in [6.07, 6.45) is 0. The molecule has 0 radical (unpaired) electrons.